The highest BCUT2D eigenvalue weighted by molar-refractivity contribution is 5.94. The number of aromatic amines is 1. The number of rotatable bonds is 8. The molecule has 1 aliphatic heterocycles. The van der Waals surface area contributed by atoms with Gasteiger partial charge in [-0.25, -0.2) is 9.37 Å². The molecule has 0 saturated carbocycles. The van der Waals surface area contributed by atoms with E-state index in [4.69, 9.17) is 4.74 Å². The molecule has 3 N–H and O–H groups in total. The molecule has 5 rings (SSSR count). The van der Waals surface area contributed by atoms with Crippen LogP contribution in [-0.4, -0.2) is 46.1 Å². The maximum absolute atomic E-state index is 14.0. The van der Waals surface area contributed by atoms with Crippen LogP contribution in [0.25, 0.3) is 10.9 Å². The van der Waals surface area contributed by atoms with Crippen LogP contribution in [0.15, 0.2) is 54.9 Å². The minimum atomic E-state index is -0.286. The number of benzene rings is 2. The predicted octanol–water partition coefficient (Wildman–Crippen LogP) is 5.79. The quantitative estimate of drug-likeness (QED) is 0.295. The van der Waals surface area contributed by atoms with E-state index in [0.717, 1.165) is 34.6 Å². The van der Waals surface area contributed by atoms with Gasteiger partial charge in [0, 0.05) is 41.3 Å². The number of nitrogens with zero attached hydrogens (tertiary/aromatic N) is 3. The van der Waals surface area contributed by atoms with Crippen LogP contribution in [-0.2, 0) is 0 Å². The summed E-state index contributed by atoms with van der Waals surface area (Å²) in [5, 5.41) is 7.31. The molecule has 1 aliphatic rings. The van der Waals surface area contributed by atoms with Gasteiger partial charge in [0.15, 0.2) is 0 Å². The molecule has 0 bridgehead atoms. The van der Waals surface area contributed by atoms with Crippen LogP contribution in [0.1, 0.15) is 18.4 Å². The molecule has 3 heterocycles. The lowest BCUT2D eigenvalue weighted by molar-refractivity contribution is 0.238. The predicted molar refractivity (Wildman–Crippen MR) is 136 cm³/mol. The second-order valence-corrected chi connectivity index (χ2v) is 8.26. The molecule has 0 spiro atoms. The number of aromatic nitrogens is 3. The van der Waals surface area contributed by atoms with Crippen LogP contribution in [0.5, 0.6) is 5.75 Å². The van der Waals surface area contributed by atoms with E-state index in [2.05, 4.69) is 30.5 Å². The van der Waals surface area contributed by atoms with Crippen LogP contribution in [0.3, 0.4) is 0 Å². The zero-order valence-electron chi connectivity index (χ0n) is 19.0. The maximum Gasteiger partial charge on any atom is 0.229 e. The number of hydrogen-bond acceptors (Lipinski definition) is 6. The van der Waals surface area contributed by atoms with E-state index in [1.54, 1.807) is 18.5 Å². The van der Waals surface area contributed by atoms with Gasteiger partial charge in [-0.15, -0.1) is 12.4 Å². The number of nitrogens with one attached hydrogen (secondary N) is 3. The topological polar surface area (TPSA) is 78.1 Å². The lowest BCUT2D eigenvalue weighted by Gasteiger charge is -2.15. The Bertz CT molecular complexity index is 1240. The molecule has 7 nitrogen and oxygen atoms in total. The van der Waals surface area contributed by atoms with Crippen molar-refractivity contribution in [1.29, 1.82) is 0 Å². The molecular formula is C25H28ClFN6O. The second kappa shape index (κ2) is 10.7. The third-order valence-corrected chi connectivity index (χ3v) is 5.88. The summed E-state index contributed by atoms with van der Waals surface area (Å²) in [5.41, 5.74) is 2.99. The van der Waals surface area contributed by atoms with Gasteiger partial charge in [0.25, 0.3) is 0 Å². The first-order chi connectivity index (χ1) is 16.2. The van der Waals surface area contributed by atoms with E-state index in [-0.39, 0.29) is 18.2 Å². The average molecular weight is 483 g/mol. The highest BCUT2D eigenvalue weighted by Crippen LogP contribution is 2.29. The Morgan fingerprint density at radius 2 is 1.85 bits per heavy atom. The van der Waals surface area contributed by atoms with Crippen LogP contribution >= 0.6 is 12.4 Å². The van der Waals surface area contributed by atoms with Crippen LogP contribution in [0.4, 0.5) is 27.5 Å². The molecule has 0 radical (unpaired) electrons. The third kappa shape index (κ3) is 5.40. The summed E-state index contributed by atoms with van der Waals surface area (Å²) in [7, 11) is 0. The lowest BCUT2D eigenvalue weighted by atomic mass is 10.2. The summed E-state index contributed by atoms with van der Waals surface area (Å²) in [6.07, 6.45) is 6.06. The lowest BCUT2D eigenvalue weighted by Crippen LogP contribution is -2.25. The number of halogens is 2. The van der Waals surface area contributed by atoms with Gasteiger partial charge in [-0.05, 0) is 75.3 Å². The van der Waals surface area contributed by atoms with Crippen molar-refractivity contribution in [2.45, 2.75) is 19.8 Å². The van der Waals surface area contributed by atoms with E-state index in [1.165, 1.54) is 32.0 Å². The van der Waals surface area contributed by atoms with Crippen molar-refractivity contribution in [3.8, 4) is 5.75 Å². The number of H-pyrrole nitrogens is 1. The third-order valence-electron chi connectivity index (χ3n) is 5.88. The summed E-state index contributed by atoms with van der Waals surface area (Å²) in [4.78, 5) is 14.4. The van der Waals surface area contributed by atoms with E-state index in [0.29, 0.717) is 23.9 Å². The Hall–Kier alpha value is -3.36. The van der Waals surface area contributed by atoms with Gasteiger partial charge < -0.3 is 20.4 Å². The fraction of sp³-hybridized carbons (Fsp3) is 0.280. The first kappa shape index (κ1) is 23.8. The number of hydrogen-bond donors (Lipinski definition) is 3. The number of ether oxygens (including phenoxy) is 1. The normalized spacial score (nSPS) is 13.6. The average Bonchev–Trinajstić information content (AvgIpc) is 3.52. The number of likely N-dealkylation sites (tertiary alicyclic amines) is 1. The largest absolute Gasteiger partial charge is 0.492 e. The molecule has 2 aromatic heterocycles. The van der Waals surface area contributed by atoms with E-state index < -0.39 is 0 Å². The summed E-state index contributed by atoms with van der Waals surface area (Å²) >= 11 is 0. The zero-order valence-corrected chi connectivity index (χ0v) is 19.8. The molecule has 178 valence electrons. The smallest absolute Gasteiger partial charge is 0.229 e. The Kier molecular flexibility index (Phi) is 7.49. The number of fused-ring (bicyclic) bond motifs is 1. The van der Waals surface area contributed by atoms with Gasteiger partial charge in [-0.2, -0.15) is 4.98 Å². The molecular weight excluding hydrogens is 455 g/mol. The first-order valence-electron chi connectivity index (χ1n) is 11.2. The summed E-state index contributed by atoms with van der Waals surface area (Å²) in [6, 6.07) is 12.8. The zero-order chi connectivity index (χ0) is 22.6. The van der Waals surface area contributed by atoms with E-state index in [1.807, 2.05) is 37.3 Å². The molecule has 1 fully saturated rings. The van der Waals surface area contributed by atoms with E-state index >= 15 is 0 Å². The van der Waals surface area contributed by atoms with Crippen LogP contribution < -0.4 is 15.4 Å². The first-order valence-corrected chi connectivity index (χ1v) is 11.2. The highest BCUT2D eigenvalue weighted by Gasteiger charge is 2.12. The van der Waals surface area contributed by atoms with Gasteiger partial charge in [0.1, 0.15) is 24.0 Å². The maximum atomic E-state index is 14.0. The van der Waals surface area contributed by atoms with Gasteiger partial charge >= 0.3 is 0 Å². The van der Waals surface area contributed by atoms with Crippen molar-refractivity contribution >= 4 is 46.5 Å². The summed E-state index contributed by atoms with van der Waals surface area (Å²) < 4.78 is 19.9. The fourth-order valence-electron chi connectivity index (χ4n) is 4.05. The standard InChI is InChI=1S/C25H27FN6O.ClH/c1-17-16-28-25(31-24(17)30-22-9-8-21(26)23-20(22)10-11-27-23)29-18-4-6-19(7-5-18)33-15-14-32-12-2-3-13-32;/h4-11,16,27H,2-3,12-15H2,1H3,(H2,28,29,30,31);1H. The van der Waals surface area contributed by atoms with Crippen molar-refractivity contribution < 1.29 is 9.13 Å². The summed E-state index contributed by atoms with van der Waals surface area (Å²) in [5.74, 6) is 1.69. The second-order valence-electron chi connectivity index (χ2n) is 8.26. The Balaban J connectivity index is 0.00000274. The SMILES string of the molecule is Cc1cnc(Nc2ccc(OCCN3CCCC3)cc2)nc1Nc1ccc(F)c2[nH]ccc12.Cl. The van der Waals surface area contributed by atoms with Gasteiger partial charge in [0.05, 0.1) is 5.52 Å². The molecule has 0 unspecified atom stereocenters. The molecule has 0 atom stereocenters. The molecule has 34 heavy (non-hydrogen) atoms. The molecule has 0 amide bonds. The summed E-state index contributed by atoms with van der Waals surface area (Å²) in [6.45, 7) is 5.95. The molecule has 2 aromatic carbocycles. The Morgan fingerprint density at radius 3 is 2.65 bits per heavy atom. The highest BCUT2D eigenvalue weighted by atomic mass is 35.5. The fourth-order valence-corrected chi connectivity index (χ4v) is 4.05. The van der Waals surface area contributed by atoms with Crippen molar-refractivity contribution in [2.75, 3.05) is 36.9 Å². The van der Waals surface area contributed by atoms with Crippen molar-refractivity contribution in [2.24, 2.45) is 0 Å². The van der Waals surface area contributed by atoms with Crippen molar-refractivity contribution in [3.63, 3.8) is 0 Å². The molecule has 4 aromatic rings. The molecule has 9 heteroatoms. The van der Waals surface area contributed by atoms with Gasteiger partial charge in [0.2, 0.25) is 5.95 Å². The number of aryl methyl sites for hydroxylation is 1. The van der Waals surface area contributed by atoms with E-state index in [9.17, 15) is 4.39 Å². The van der Waals surface area contributed by atoms with Crippen LogP contribution in [0, 0.1) is 12.7 Å². The van der Waals surface area contributed by atoms with Gasteiger partial charge in [-0.1, -0.05) is 0 Å². The monoisotopic (exact) mass is 482 g/mol. The van der Waals surface area contributed by atoms with Crippen molar-refractivity contribution in [3.05, 3.63) is 66.2 Å². The van der Waals surface area contributed by atoms with Crippen LogP contribution in [0.2, 0.25) is 0 Å². The molecule has 0 aliphatic carbocycles. The van der Waals surface area contributed by atoms with Crippen molar-refractivity contribution in [1.82, 2.24) is 19.9 Å². The minimum Gasteiger partial charge on any atom is -0.492 e. The molecule has 1 saturated heterocycles. The Morgan fingerprint density at radius 1 is 1.06 bits per heavy atom. The Labute approximate surface area is 204 Å². The minimum absolute atomic E-state index is 0. The van der Waals surface area contributed by atoms with Gasteiger partial charge in [-0.3, -0.25) is 4.90 Å². The number of anilines is 4.